The molecule has 0 spiro atoms. The minimum atomic E-state index is -0.236. The van der Waals surface area contributed by atoms with E-state index in [1.165, 1.54) is 34.1 Å². The van der Waals surface area contributed by atoms with Gasteiger partial charge in [0.1, 0.15) is 0 Å². The van der Waals surface area contributed by atoms with E-state index in [2.05, 4.69) is 0 Å². The van der Waals surface area contributed by atoms with Crippen molar-refractivity contribution in [2.24, 2.45) is 0 Å². The summed E-state index contributed by atoms with van der Waals surface area (Å²) in [7, 11) is 0. The molecular formula is C24H22N2O4. The molecule has 2 aromatic rings. The highest BCUT2D eigenvalue weighted by molar-refractivity contribution is 6.13. The Morgan fingerprint density at radius 1 is 0.500 bits per heavy atom. The summed E-state index contributed by atoms with van der Waals surface area (Å²) in [5.74, 6) is -0.942. The number of nitrogens with zero attached hydrogens (tertiary/aromatic N) is 2. The SMILES string of the molecule is Cc1ccc(CN2C(=O)C=CC2=O)cc1.Cc1ccc(CN2C(=O)C=CC2=O)cc1. The molecule has 0 fully saturated rings. The summed E-state index contributed by atoms with van der Waals surface area (Å²) >= 11 is 0. The highest BCUT2D eigenvalue weighted by Gasteiger charge is 2.23. The second-order valence-corrected chi connectivity index (χ2v) is 7.16. The lowest BCUT2D eigenvalue weighted by molar-refractivity contribution is -0.139. The molecule has 4 amide bonds. The maximum absolute atomic E-state index is 11.3. The number of imide groups is 2. The molecule has 0 atom stereocenters. The number of aryl methyl sites for hydroxylation is 2. The molecule has 0 aliphatic carbocycles. The van der Waals surface area contributed by atoms with Crippen LogP contribution in [-0.2, 0) is 32.3 Å². The van der Waals surface area contributed by atoms with Crippen LogP contribution in [0.25, 0.3) is 0 Å². The molecule has 0 saturated heterocycles. The maximum Gasteiger partial charge on any atom is 0.253 e. The van der Waals surface area contributed by atoms with E-state index >= 15 is 0 Å². The van der Waals surface area contributed by atoms with Crippen LogP contribution in [0.15, 0.2) is 72.8 Å². The van der Waals surface area contributed by atoms with Crippen LogP contribution in [0.3, 0.4) is 0 Å². The summed E-state index contributed by atoms with van der Waals surface area (Å²) in [5.41, 5.74) is 4.25. The molecule has 152 valence electrons. The van der Waals surface area contributed by atoms with Crippen LogP contribution >= 0.6 is 0 Å². The number of carbonyl (C=O) groups is 4. The number of rotatable bonds is 4. The van der Waals surface area contributed by atoms with E-state index in [9.17, 15) is 19.2 Å². The highest BCUT2D eigenvalue weighted by Crippen LogP contribution is 2.12. The normalized spacial score (nSPS) is 15.1. The molecule has 30 heavy (non-hydrogen) atoms. The Hall–Kier alpha value is -3.80. The lowest BCUT2D eigenvalue weighted by Crippen LogP contribution is -2.29. The first-order chi connectivity index (χ1) is 14.3. The van der Waals surface area contributed by atoms with Gasteiger partial charge in [0.2, 0.25) is 0 Å². The summed E-state index contributed by atoms with van der Waals surface area (Å²) in [6.07, 6.45) is 5.21. The molecular weight excluding hydrogens is 380 g/mol. The smallest absolute Gasteiger partial charge is 0.253 e. The lowest BCUT2D eigenvalue weighted by atomic mass is 10.1. The molecule has 0 unspecified atom stereocenters. The first-order valence-electron chi connectivity index (χ1n) is 9.51. The van der Waals surface area contributed by atoms with Crippen molar-refractivity contribution in [3.05, 3.63) is 95.1 Å². The second-order valence-electron chi connectivity index (χ2n) is 7.16. The number of benzene rings is 2. The summed E-state index contributed by atoms with van der Waals surface area (Å²) < 4.78 is 0. The molecule has 0 saturated carbocycles. The molecule has 0 bridgehead atoms. The molecule has 0 N–H and O–H groups in total. The third kappa shape index (κ3) is 5.17. The van der Waals surface area contributed by atoms with Gasteiger partial charge in [0.05, 0.1) is 13.1 Å². The van der Waals surface area contributed by atoms with Gasteiger partial charge in [-0.2, -0.15) is 0 Å². The van der Waals surface area contributed by atoms with Crippen molar-refractivity contribution in [1.82, 2.24) is 9.80 Å². The Morgan fingerprint density at radius 3 is 1.03 bits per heavy atom. The fourth-order valence-electron chi connectivity index (χ4n) is 2.93. The predicted molar refractivity (Wildman–Crippen MR) is 112 cm³/mol. The molecule has 0 radical (unpaired) electrons. The Kier molecular flexibility index (Phi) is 6.37. The van der Waals surface area contributed by atoms with Gasteiger partial charge in [0, 0.05) is 24.3 Å². The van der Waals surface area contributed by atoms with E-state index in [1.54, 1.807) is 0 Å². The molecule has 6 heteroatoms. The lowest BCUT2D eigenvalue weighted by Gasteiger charge is -2.13. The van der Waals surface area contributed by atoms with Gasteiger partial charge in [0.15, 0.2) is 0 Å². The van der Waals surface area contributed by atoms with Crippen molar-refractivity contribution in [3.8, 4) is 0 Å². The van der Waals surface area contributed by atoms with Crippen LogP contribution in [-0.4, -0.2) is 33.4 Å². The number of hydrogen-bond donors (Lipinski definition) is 0. The van der Waals surface area contributed by atoms with Crippen LogP contribution in [0.2, 0.25) is 0 Å². The molecule has 2 aliphatic rings. The average Bonchev–Trinajstić information content (AvgIpc) is 3.22. The van der Waals surface area contributed by atoms with Crippen LogP contribution in [0, 0.1) is 13.8 Å². The quantitative estimate of drug-likeness (QED) is 0.737. The topological polar surface area (TPSA) is 74.8 Å². The van der Waals surface area contributed by atoms with Crippen LogP contribution in [0.5, 0.6) is 0 Å². The summed E-state index contributed by atoms with van der Waals surface area (Å²) in [6.45, 7) is 4.70. The van der Waals surface area contributed by atoms with E-state index in [1.807, 2.05) is 62.4 Å². The van der Waals surface area contributed by atoms with Gasteiger partial charge >= 0.3 is 0 Å². The standard InChI is InChI=1S/2C12H11NO2/c2*1-9-2-4-10(5-3-9)8-13-11(14)6-7-12(13)15/h2*2-7H,8H2,1H3. The van der Waals surface area contributed by atoms with Crippen LogP contribution < -0.4 is 0 Å². The van der Waals surface area contributed by atoms with Gasteiger partial charge in [-0.1, -0.05) is 59.7 Å². The monoisotopic (exact) mass is 402 g/mol. The Labute approximate surface area is 175 Å². The number of carbonyl (C=O) groups excluding carboxylic acids is 4. The highest BCUT2D eigenvalue weighted by atomic mass is 16.2. The van der Waals surface area contributed by atoms with Gasteiger partial charge in [0.25, 0.3) is 23.6 Å². The fourth-order valence-corrected chi connectivity index (χ4v) is 2.93. The first kappa shape index (κ1) is 20.9. The summed E-state index contributed by atoms with van der Waals surface area (Å²) in [5, 5.41) is 0. The zero-order valence-electron chi connectivity index (χ0n) is 16.9. The van der Waals surface area contributed by atoms with Crippen LogP contribution in [0.4, 0.5) is 0 Å². The van der Waals surface area contributed by atoms with Gasteiger partial charge in [-0.3, -0.25) is 29.0 Å². The summed E-state index contributed by atoms with van der Waals surface area (Å²) in [6, 6.07) is 15.6. The molecule has 0 aromatic heterocycles. The molecule has 2 heterocycles. The van der Waals surface area contributed by atoms with Crippen molar-refractivity contribution in [2.45, 2.75) is 26.9 Å². The van der Waals surface area contributed by atoms with E-state index in [4.69, 9.17) is 0 Å². The van der Waals surface area contributed by atoms with Crippen molar-refractivity contribution < 1.29 is 19.2 Å². The second kappa shape index (κ2) is 9.13. The minimum absolute atomic E-state index is 0.236. The third-order valence-corrected chi connectivity index (χ3v) is 4.72. The van der Waals surface area contributed by atoms with E-state index in [0.29, 0.717) is 13.1 Å². The fraction of sp³-hybridized carbons (Fsp3) is 0.167. The largest absolute Gasteiger partial charge is 0.271 e. The Balaban J connectivity index is 0.000000171. The van der Waals surface area contributed by atoms with Crippen LogP contribution in [0.1, 0.15) is 22.3 Å². The van der Waals surface area contributed by atoms with Crippen molar-refractivity contribution in [2.75, 3.05) is 0 Å². The van der Waals surface area contributed by atoms with Gasteiger partial charge in [-0.15, -0.1) is 0 Å². The van der Waals surface area contributed by atoms with E-state index in [-0.39, 0.29) is 23.6 Å². The Morgan fingerprint density at radius 2 is 0.767 bits per heavy atom. The number of amides is 4. The molecule has 2 aliphatic heterocycles. The molecule has 6 nitrogen and oxygen atoms in total. The average molecular weight is 402 g/mol. The first-order valence-corrected chi connectivity index (χ1v) is 9.51. The van der Waals surface area contributed by atoms with Gasteiger partial charge in [-0.25, -0.2) is 0 Å². The van der Waals surface area contributed by atoms with Crippen molar-refractivity contribution in [3.63, 3.8) is 0 Å². The molecule has 2 aromatic carbocycles. The Bertz CT molecular complexity index is 912. The zero-order chi connectivity index (χ0) is 21.7. The van der Waals surface area contributed by atoms with Gasteiger partial charge < -0.3 is 0 Å². The predicted octanol–water partition coefficient (Wildman–Crippen LogP) is 2.84. The maximum atomic E-state index is 11.3. The minimum Gasteiger partial charge on any atom is -0.271 e. The number of hydrogen-bond acceptors (Lipinski definition) is 4. The van der Waals surface area contributed by atoms with E-state index in [0.717, 1.165) is 22.3 Å². The zero-order valence-corrected chi connectivity index (χ0v) is 16.9. The van der Waals surface area contributed by atoms with Crippen molar-refractivity contribution >= 4 is 23.6 Å². The van der Waals surface area contributed by atoms with E-state index < -0.39 is 0 Å². The third-order valence-electron chi connectivity index (χ3n) is 4.72. The van der Waals surface area contributed by atoms with Crippen molar-refractivity contribution in [1.29, 1.82) is 0 Å². The summed E-state index contributed by atoms with van der Waals surface area (Å²) in [4.78, 5) is 47.6. The molecule has 4 rings (SSSR count). The van der Waals surface area contributed by atoms with Gasteiger partial charge in [-0.05, 0) is 25.0 Å².